The van der Waals surface area contributed by atoms with Crippen molar-refractivity contribution in [2.45, 2.75) is 6.92 Å². The van der Waals surface area contributed by atoms with Crippen LogP contribution in [0.15, 0.2) is 114 Å². The van der Waals surface area contributed by atoms with Crippen molar-refractivity contribution in [3.05, 3.63) is 120 Å². The molecule has 148 valence electrons. The van der Waals surface area contributed by atoms with Gasteiger partial charge in [-0.2, -0.15) is 5.10 Å². The quantitative estimate of drug-likeness (QED) is 0.262. The van der Waals surface area contributed by atoms with Crippen LogP contribution in [0.1, 0.15) is 11.1 Å². The van der Waals surface area contributed by atoms with Crippen LogP contribution in [0.25, 0.3) is 0 Å². The summed E-state index contributed by atoms with van der Waals surface area (Å²) in [5.41, 5.74) is 6.74. The minimum absolute atomic E-state index is 1.05. The average Bonchev–Trinajstić information content (AvgIpc) is 2.81. The van der Waals surface area contributed by atoms with Crippen LogP contribution in [-0.2, 0) is 0 Å². The van der Waals surface area contributed by atoms with Gasteiger partial charge in [0.1, 0.15) is 0 Å². The molecule has 0 aliphatic carbocycles. The number of rotatable bonds is 6. The summed E-state index contributed by atoms with van der Waals surface area (Å²) >= 11 is 0. The molecule has 0 bridgehead atoms. The lowest BCUT2D eigenvalue weighted by Gasteiger charge is -2.25. The van der Waals surface area contributed by atoms with Gasteiger partial charge in [-0.3, -0.25) is 5.01 Å². The molecule has 3 nitrogen and oxygen atoms in total. The highest BCUT2D eigenvalue weighted by Crippen LogP contribution is 2.34. The van der Waals surface area contributed by atoms with Crippen LogP contribution < -0.4 is 9.91 Å². The highest BCUT2D eigenvalue weighted by Gasteiger charge is 2.11. The Balaban J connectivity index is 1.60. The molecule has 0 spiro atoms. The topological polar surface area (TPSA) is 18.8 Å². The van der Waals surface area contributed by atoms with E-state index < -0.39 is 0 Å². The van der Waals surface area contributed by atoms with E-state index in [1.165, 1.54) is 5.56 Å². The number of anilines is 4. The standard InChI is InChI=1S/C27H25N3/c1-22-13-17-26(18-14-22)30(25-11-7-4-8-12-25)27-19-15-23(16-20-27)21-28-29(2)24-9-5-3-6-10-24/h3-21H,1-2H3. The number of aryl methyl sites for hydroxylation is 1. The summed E-state index contributed by atoms with van der Waals surface area (Å²) in [6, 6.07) is 37.6. The molecule has 0 aliphatic heterocycles. The third kappa shape index (κ3) is 4.58. The van der Waals surface area contributed by atoms with Gasteiger partial charge >= 0.3 is 0 Å². The van der Waals surface area contributed by atoms with Crippen molar-refractivity contribution in [1.29, 1.82) is 0 Å². The lowest BCUT2D eigenvalue weighted by Crippen LogP contribution is -2.10. The van der Waals surface area contributed by atoms with E-state index in [1.807, 2.05) is 54.7 Å². The van der Waals surface area contributed by atoms with E-state index in [2.05, 4.69) is 89.7 Å². The van der Waals surface area contributed by atoms with Gasteiger partial charge in [0.25, 0.3) is 0 Å². The lowest BCUT2D eigenvalue weighted by molar-refractivity contribution is 1.02. The maximum absolute atomic E-state index is 4.56. The van der Waals surface area contributed by atoms with E-state index in [4.69, 9.17) is 0 Å². The van der Waals surface area contributed by atoms with Gasteiger partial charge < -0.3 is 4.90 Å². The number of nitrogens with zero attached hydrogens (tertiary/aromatic N) is 3. The normalized spacial score (nSPS) is 10.9. The molecule has 0 aliphatic rings. The van der Waals surface area contributed by atoms with E-state index in [-0.39, 0.29) is 0 Å². The van der Waals surface area contributed by atoms with E-state index in [0.29, 0.717) is 0 Å². The predicted molar refractivity (Wildman–Crippen MR) is 128 cm³/mol. The number of para-hydroxylation sites is 2. The second kappa shape index (κ2) is 9.10. The minimum Gasteiger partial charge on any atom is -0.311 e. The maximum Gasteiger partial charge on any atom is 0.0590 e. The third-order valence-electron chi connectivity index (χ3n) is 4.97. The Morgan fingerprint density at radius 1 is 0.567 bits per heavy atom. The summed E-state index contributed by atoms with van der Waals surface area (Å²) in [7, 11) is 1.95. The van der Waals surface area contributed by atoms with Gasteiger partial charge in [-0.1, -0.05) is 66.2 Å². The first-order valence-electron chi connectivity index (χ1n) is 10.1. The molecule has 0 amide bonds. The van der Waals surface area contributed by atoms with E-state index in [9.17, 15) is 0 Å². The molecule has 0 radical (unpaired) electrons. The third-order valence-corrected chi connectivity index (χ3v) is 4.97. The largest absolute Gasteiger partial charge is 0.311 e. The van der Waals surface area contributed by atoms with E-state index in [0.717, 1.165) is 28.3 Å². The molecule has 0 atom stereocenters. The summed E-state index contributed by atoms with van der Waals surface area (Å²) in [6.45, 7) is 2.11. The Morgan fingerprint density at radius 3 is 1.60 bits per heavy atom. The summed E-state index contributed by atoms with van der Waals surface area (Å²) in [5, 5.41) is 6.43. The molecule has 0 unspecified atom stereocenters. The lowest BCUT2D eigenvalue weighted by atomic mass is 10.1. The van der Waals surface area contributed by atoms with Gasteiger partial charge in [-0.05, 0) is 61.0 Å². The van der Waals surface area contributed by atoms with Crippen LogP contribution >= 0.6 is 0 Å². The molecule has 0 saturated carbocycles. The highest BCUT2D eigenvalue weighted by molar-refractivity contribution is 5.83. The molecular weight excluding hydrogens is 366 g/mol. The van der Waals surface area contributed by atoms with Gasteiger partial charge in [-0.25, -0.2) is 0 Å². The predicted octanol–water partition coefficient (Wildman–Crippen LogP) is 6.94. The molecule has 0 heterocycles. The van der Waals surface area contributed by atoms with Gasteiger partial charge in [0, 0.05) is 24.1 Å². The fourth-order valence-corrected chi connectivity index (χ4v) is 3.29. The second-order valence-electron chi connectivity index (χ2n) is 7.20. The molecule has 4 aromatic rings. The van der Waals surface area contributed by atoms with Gasteiger partial charge in [-0.15, -0.1) is 0 Å². The number of hydrazone groups is 1. The van der Waals surface area contributed by atoms with Crippen molar-refractivity contribution < 1.29 is 0 Å². The first-order chi connectivity index (χ1) is 14.7. The fourth-order valence-electron chi connectivity index (χ4n) is 3.29. The summed E-state index contributed by atoms with van der Waals surface area (Å²) in [5.74, 6) is 0. The number of benzene rings is 4. The molecule has 3 heteroatoms. The Kier molecular flexibility index (Phi) is 5.90. The van der Waals surface area contributed by atoms with Crippen LogP contribution in [0.4, 0.5) is 22.7 Å². The summed E-state index contributed by atoms with van der Waals surface area (Å²) in [4.78, 5) is 2.26. The van der Waals surface area contributed by atoms with Crippen molar-refractivity contribution >= 4 is 29.0 Å². The van der Waals surface area contributed by atoms with Crippen molar-refractivity contribution in [1.82, 2.24) is 0 Å². The second-order valence-corrected chi connectivity index (χ2v) is 7.20. The van der Waals surface area contributed by atoms with Crippen molar-refractivity contribution in [3.63, 3.8) is 0 Å². The van der Waals surface area contributed by atoms with Crippen LogP contribution in [0.3, 0.4) is 0 Å². The highest BCUT2D eigenvalue weighted by atomic mass is 15.4. The van der Waals surface area contributed by atoms with Crippen LogP contribution in [0.2, 0.25) is 0 Å². The molecule has 0 aromatic heterocycles. The van der Waals surface area contributed by atoms with Crippen LogP contribution in [0.5, 0.6) is 0 Å². The average molecular weight is 392 g/mol. The zero-order chi connectivity index (χ0) is 20.8. The van der Waals surface area contributed by atoms with E-state index in [1.54, 1.807) is 0 Å². The van der Waals surface area contributed by atoms with Crippen LogP contribution in [0, 0.1) is 6.92 Å². The number of hydrogen-bond donors (Lipinski definition) is 0. The SMILES string of the molecule is Cc1ccc(N(c2ccccc2)c2ccc(C=NN(C)c3ccccc3)cc2)cc1. The zero-order valence-electron chi connectivity index (χ0n) is 17.3. The summed E-state index contributed by atoms with van der Waals surface area (Å²) in [6.07, 6.45) is 1.88. The Labute approximate surface area is 178 Å². The van der Waals surface area contributed by atoms with Gasteiger partial charge in [0.15, 0.2) is 0 Å². The molecular formula is C27H25N3. The Morgan fingerprint density at radius 2 is 1.03 bits per heavy atom. The Hall–Kier alpha value is -3.85. The number of hydrogen-bond acceptors (Lipinski definition) is 3. The van der Waals surface area contributed by atoms with Crippen molar-refractivity contribution in [2.75, 3.05) is 17.0 Å². The van der Waals surface area contributed by atoms with Gasteiger partial charge in [0.2, 0.25) is 0 Å². The van der Waals surface area contributed by atoms with Crippen molar-refractivity contribution in [3.8, 4) is 0 Å². The first kappa shape index (κ1) is 19.5. The molecule has 0 saturated heterocycles. The smallest absolute Gasteiger partial charge is 0.0590 e. The van der Waals surface area contributed by atoms with Gasteiger partial charge in [0.05, 0.1) is 11.9 Å². The molecule has 30 heavy (non-hydrogen) atoms. The Bertz CT molecular complexity index is 1090. The fraction of sp³-hybridized carbons (Fsp3) is 0.0741. The minimum atomic E-state index is 1.05. The summed E-state index contributed by atoms with van der Waals surface area (Å²) < 4.78 is 0. The van der Waals surface area contributed by atoms with E-state index >= 15 is 0 Å². The first-order valence-corrected chi connectivity index (χ1v) is 10.1. The monoisotopic (exact) mass is 391 g/mol. The molecule has 0 fully saturated rings. The van der Waals surface area contributed by atoms with Crippen molar-refractivity contribution in [2.24, 2.45) is 5.10 Å². The zero-order valence-corrected chi connectivity index (χ0v) is 17.3. The molecule has 4 aromatic carbocycles. The van der Waals surface area contributed by atoms with Crippen LogP contribution in [-0.4, -0.2) is 13.3 Å². The maximum atomic E-state index is 4.56. The molecule has 0 N–H and O–H groups in total. The molecule has 4 rings (SSSR count).